The zero-order valence-electron chi connectivity index (χ0n) is 13.7. The summed E-state index contributed by atoms with van der Waals surface area (Å²) in [6.07, 6.45) is 0. The largest absolute Gasteiger partial charge is 0.465 e. The van der Waals surface area contributed by atoms with E-state index < -0.39 is 16.8 Å². The first kappa shape index (κ1) is 19.9. The van der Waals surface area contributed by atoms with E-state index in [-0.39, 0.29) is 42.1 Å². The number of anilines is 1. The first-order valence-corrected chi connectivity index (χ1v) is 7.75. The van der Waals surface area contributed by atoms with E-state index in [4.69, 9.17) is 16.3 Å². The summed E-state index contributed by atoms with van der Waals surface area (Å²) in [7, 11) is 0. The summed E-state index contributed by atoms with van der Waals surface area (Å²) in [6, 6.07) is 3.94. The van der Waals surface area contributed by atoms with Crippen molar-refractivity contribution >= 4 is 34.9 Å². The summed E-state index contributed by atoms with van der Waals surface area (Å²) < 4.78 is 4.88. The summed E-state index contributed by atoms with van der Waals surface area (Å²) in [4.78, 5) is 35.6. The van der Waals surface area contributed by atoms with Crippen molar-refractivity contribution in [3.05, 3.63) is 33.3 Å². The van der Waals surface area contributed by atoms with Gasteiger partial charge in [-0.25, -0.2) is 0 Å². The predicted molar refractivity (Wildman–Crippen MR) is 90.1 cm³/mol. The van der Waals surface area contributed by atoms with E-state index in [9.17, 15) is 19.7 Å². The minimum Gasteiger partial charge on any atom is -0.465 e. The summed E-state index contributed by atoms with van der Waals surface area (Å²) >= 11 is 5.73. The average molecular weight is 358 g/mol. The molecular weight excluding hydrogens is 338 g/mol. The lowest BCUT2D eigenvalue weighted by Gasteiger charge is -2.24. The zero-order chi connectivity index (χ0) is 18.3. The highest BCUT2D eigenvalue weighted by Crippen LogP contribution is 2.27. The van der Waals surface area contributed by atoms with Gasteiger partial charge in [-0.1, -0.05) is 11.6 Å². The Morgan fingerprint density at radius 3 is 2.58 bits per heavy atom. The molecule has 0 spiro atoms. The van der Waals surface area contributed by atoms with Crippen molar-refractivity contribution in [3.8, 4) is 0 Å². The maximum atomic E-state index is 12.1. The molecule has 132 valence electrons. The molecule has 0 fully saturated rings. The lowest BCUT2D eigenvalue weighted by atomic mass is 10.2. The fourth-order valence-corrected chi connectivity index (χ4v) is 2.10. The van der Waals surface area contributed by atoms with Crippen molar-refractivity contribution in [2.45, 2.75) is 26.8 Å². The maximum Gasteiger partial charge on any atom is 0.320 e. The van der Waals surface area contributed by atoms with Crippen molar-refractivity contribution in [2.75, 3.05) is 25.0 Å². The van der Waals surface area contributed by atoms with E-state index in [1.807, 2.05) is 13.8 Å². The number of nitro benzene ring substituents is 1. The van der Waals surface area contributed by atoms with Crippen LogP contribution in [-0.4, -0.2) is 47.4 Å². The smallest absolute Gasteiger partial charge is 0.320 e. The molecule has 9 heteroatoms. The topological polar surface area (TPSA) is 102 Å². The van der Waals surface area contributed by atoms with Gasteiger partial charge in [-0.2, -0.15) is 0 Å². The Morgan fingerprint density at radius 1 is 1.38 bits per heavy atom. The quantitative estimate of drug-likeness (QED) is 0.435. The second kappa shape index (κ2) is 9.19. The molecule has 0 saturated heterocycles. The van der Waals surface area contributed by atoms with Crippen LogP contribution in [0.1, 0.15) is 20.8 Å². The lowest BCUT2D eigenvalue weighted by molar-refractivity contribution is -0.384. The van der Waals surface area contributed by atoms with Crippen molar-refractivity contribution in [1.29, 1.82) is 0 Å². The Kier molecular flexibility index (Phi) is 7.60. The SMILES string of the molecule is CCOC(=O)CN(CC(=O)Nc1ccc(Cl)c([N+](=O)[O-])c1)C(C)C. The molecule has 0 unspecified atom stereocenters. The highest BCUT2D eigenvalue weighted by Gasteiger charge is 2.19. The molecule has 1 N–H and O–H groups in total. The predicted octanol–water partition coefficient (Wildman–Crippen LogP) is 2.46. The molecule has 0 aromatic heterocycles. The molecule has 1 aromatic rings. The van der Waals surface area contributed by atoms with Gasteiger partial charge in [-0.3, -0.25) is 24.6 Å². The zero-order valence-corrected chi connectivity index (χ0v) is 14.5. The van der Waals surface area contributed by atoms with Gasteiger partial charge < -0.3 is 10.1 Å². The Hall–Kier alpha value is -2.19. The Balaban J connectivity index is 2.74. The number of ether oxygens (including phenoxy) is 1. The average Bonchev–Trinajstić information content (AvgIpc) is 2.48. The second-order valence-electron chi connectivity index (χ2n) is 5.28. The Morgan fingerprint density at radius 2 is 2.04 bits per heavy atom. The van der Waals surface area contributed by atoms with Crippen LogP contribution in [0, 0.1) is 10.1 Å². The summed E-state index contributed by atoms with van der Waals surface area (Å²) in [5.74, 6) is -0.814. The molecule has 0 bridgehead atoms. The Bertz CT molecular complexity index is 621. The molecule has 0 saturated carbocycles. The van der Waals surface area contributed by atoms with Gasteiger partial charge in [0.1, 0.15) is 5.02 Å². The van der Waals surface area contributed by atoms with Crippen LogP contribution in [0.4, 0.5) is 11.4 Å². The van der Waals surface area contributed by atoms with Gasteiger partial charge in [0.05, 0.1) is 24.6 Å². The van der Waals surface area contributed by atoms with E-state index >= 15 is 0 Å². The minimum atomic E-state index is -0.626. The number of nitrogens with one attached hydrogen (secondary N) is 1. The molecule has 0 atom stereocenters. The maximum absolute atomic E-state index is 12.1. The van der Waals surface area contributed by atoms with Crippen molar-refractivity contribution in [2.24, 2.45) is 0 Å². The van der Waals surface area contributed by atoms with E-state index in [1.165, 1.54) is 18.2 Å². The standard InChI is InChI=1S/C15H20ClN3O5/c1-4-24-15(21)9-18(10(2)3)8-14(20)17-11-5-6-12(16)13(7-11)19(22)23/h5-7,10H,4,8-9H2,1-3H3,(H,17,20). The number of carbonyl (C=O) groups is 2. The molecule has 0 aliphatic carbocycles. The number of amides is 1. The first-order chi connectivity index (χ1) is 11.2. The normalized spacial score (nSPS) is 10.8. The summed E-state index contributed by atoms with van der Waals surface area (Å²) in [5.41, 5.74) is -0.0300. The number of carbonyl (C=O) groups excluding carboxylic acids is 2. The number of rotatable bonds is 8. The molecule has 8 nitrogen and oxygen atoms in total. The number of benzene rings is 1. The number of nitro groups is 1. The number of halogens is 1. The van der Waals surface area contributed by atoms with Gasteiger partial charge in [0.25, 0.3) is 5.69 Å². The summed E-state index contributed by atoms with van der Waals surface area (Å²) in [5, 5.41) is 13.4. The van der Waals surface area contributed by atoms with Crippen LogP contribution in [0.2, 0.25) is 5.02 Å². The molecule has 0 heterocycles. The van der Waals surface area contributed by atoms with Crippen molar-refractivity contribution < 1.29 is 19.2 Å². The summed E-state index contributed by atoms with van der Waals surface area (Å²) in [6.45, 7) is 5.61. The molecule has 24 heavy (non-hydrogen) atoms. The number of hydrogen-bond donors (Lipinski definition) is 1. The van der Waals surface area contributed by atoms with Gasteiger partial charge in [0.2, 0.25) is 5.91 Å². The van der Waals surface area contributed by atoms with Crippen LogP contribution >= 0.6 is 11.6 Å². The monoisotopic (exact) mass is 357 g/mol. The molecule has 1 aromatic carbocycles. The van der Waals surface area contributed by atoms with Crippen molar-refractivity contribution in [3.63, 3.8) is 0 Å². The molecule has 0 radical (unpaired) electrons. The van der Waals surface area contributed by atoms with Crippen LogP contribution in [0.3, 0.4) is 0 Å². The highest BCUT2D eigenvalue weighted by atomic mass is 35.5. The third-order valence-electron chi connectivity index (χ3n) is 3.14. The fourth-order valence-electron chi connectivity index (χ4n) is 1.91. The molecule has 0 aliphatic rings. The van der Waals surface area contributed by atoms with Gasteiger partial charge in [-0.15, -0.1) is 0 Å². The van der Waals surface area contributed by atoms with E-state index in [2.05, 4.69) is 5.32 Å². The highest BCUT2D eigenvalue weighted by molar-refractivity contribution is 6.32. The van der Waals surface area contributed by atoms with Crippen LogP contribution in [0.15, 0.2) is 18.2 Å². The van der Waals surface area contributed by atoms with Crippen LogP contribution in [0.5, 0.6) is 0 Å². The molecule has 0 aliphatic heterocycles. The van der Waals surface area contributed by atoms with Gasteiger partial charge >= 0.3 is 5.97 Å². The van der Waals surface area contributed by atoms with E-state index in [0.29, 0.717) is 0 Å². The van der Waals surface area contributed by atoms with Crippen LogP contribution < -0.4 is 5.32 Å². The Labute approximate surface area is 144 Å². The molecular formula is C15H20ClN3O5. The van der Waals surface area contributed by atoms with Crippen LogP contribution in [0.25, 0.3) is 0 Å². The van der Waals surface area contributed by atoms with E-state index in [1.54, 1.807) is 11.8 Å². The molecule has 1 amide bonds. The van der Waals surface area contributed by atoms with Crippen LogP contribution in [-0.2, 0) is 14.3 Å². The number of esters is 1. The lowest BCUT2D eigenvalue weighted by Crippen LogP contribution is -2.41. The third kappa shape index (κ3) is 6.13. The van der Waals surface area contributed by atoms with Gasteiger partial charge in [0, 0.05) is 17.8 Å². The number of hydrogen-bond acceptors (Lipinski definition) is 6. The first-order valence-electron chi connectivity index (χ1n) is 7.38. The third-order valence-corrected chi connectivity index (χ3v) is 3.46. The van der Waals surface area contributed by atoms with Crippen molar-refractivity contribution in [1.82, 2.24) is 4.90 Å². The van der Waals surface area contributed by atoms with Gasteiger partial charge in [-0.05, 0) is 32.9 Å². The van der Waals surface area contributed by atoms with E-state index in [0.717, 1.165) is 0 Å². The fraction of sp³-hybridized carbons (Fsp3) is 0.467. The minimum absolute atomic E-state index is 0.0101. The molecule has 1 rings (SSSR count). The number of nitrogens with zero attached hydrogens (tertiary/aromatic N) is 2. The van der Waals surface area contributed by atoms with Gasteiger partial charge in [0.15, 0.2) is 0 Å². The second-order valence-corrected chi connectivity index (χ2v) is 5.68.